The second kappa shape index (κ2) is 9.09. The van der Waals surface area contributed by atoms with Gasteiger partial charge in [-0.15, -0.1) is 11.3 Å². The average molecular weight is 464 g/mol. The molecule has 1 aromatic carbocycles. The van der Waals surface area contributed by atoms with Crippen LogP contribution in [0.5, 0.6) is 0 Å². The van der Waals surface area contributed by atoms with Crippen molar-refractivity contribution in [2.24, 2.45) is 0 Å². The number of nitrogens with one attached hydrogen (secondary N) is 2. The van der Waals surface area contributed by atoms with E-state index in [0.29, 0.717) is 33.8 Å². The molecular weight excluding hydrogens is 446 g/mol. The van der Waals surface area contributed by atoms with E-state index in [4.69, 9.17) is 16.3 Å². The minimum absolute atomic E-state index is 0.222. The quantitative estimate of drug-likeness (QED) is 0.577. The highest BCUT2D eigenvalue weighted by atomic mass is 35.5. The Morgan fingerprint density at radius 2 is 1.80 bits per heavy atom. The highest BCUT2D eigenvalue weighted by Crippen LogP contribution is 2.27. The van der Waals surface area contributed by atoms with Gasteiger partial charge in [-0.05, 0) is 19.1 Å². The third-order valence-corrected chi connectivity index (χ3v) is 6.75. The lowest BCUT2D eigenvalue weighted by Gasteiger charge is -2.25. The Morgan fingerprint density at radius 3 is 2.53 bits per heavy atom. The maximum absolute atomic E-state index is 12.5. The fourth-order valence-corrected chi connectivity index (χ4v) is 4.77. The van der Waals surface area contributed by atoms with Crippen molar-refractivity contribution in [2.45, 2.75) is 6.92 Å². The molecular formula is C19H18ClN5O3S2. The fraction of sp³-hybridized carbons (Fsp3) is 0.263. The summed E-state index contributed by atoms with van der Waals surface area (Å²) < 4.78 is 5.35. The summed E-state index contributed by atoms with van der Waals surface area (Å²) in [5, 5.41) is 3.74. The largest absolute Gasteiger partial charge is 0.378 e. The lowest BCUT2D eigenvalue weighted by Crippen LogP contribution is -2.41. The van der Waals surface area contributed by atoms with Crippen LogP contribution in [0, 0.1) is 6.92 Å². The molecule has 2 amide bonds. The number of hydrogen-bond acceptors (Lipinski definition) is 8. The van der Waals surface area contributed by atoms with E-state index >= 15 is 0 Å². The van der Waals surface area contributed by atoms with E-state index in [-0.39, 0.29) is 5.69 Å². The first-order chi connectivity index (χ1) is 14.5. The number of hydrogen-bond donors (Lipinski definition) is 2. The molecule has 8 nitrogen and oxygen atoms in total. The van der Waals surface area contributed by atoms with Crippen LogP contribution in [0.2, 0.25) is 5.02 Å². The summed E-state index contributed by atoms with van der Waals surface area (Å²) in [6, 6.07) is 7.20. The highest BCUT2D eigenvalue weighted by Gasteiger charge is 2.21. The molecule has 1 fully saturated rings. The van der Waals surface area contributed by atoms with Gasteiger partial charge >= 0.3 is 0 Å². The van der Waals surface area contributed by atoms with Crippen molar-refractivity contribution < 1.29 is 14.3 Å². The maximum Gasteiger partial charge on any atom is 0.289 e. The summed E-state index contributed by atoms with van der Waals surface area (Å²) >= 11 is 8.53. The first-order valence-corrected chi connectivity index (χ1v) is 11.2. The molecule has 0 bridgehead atoms. The number of nitrogens with zero attached hydrogens (tertiary/aromatic N) is 3. The third kappa shape index (κ3) is 4.62. The van der Waals surface area contributed by atoms with E-state index in [1.165, 1.54) is 22.7 Å². The van der Waals surface area contributed by atoms with Crippen LogP contribution < -0.4 is 15.8 Å². The van der Waals surface area contributed by atoms with Crippen LogP contribution in [0.15, 0.2) is 29.6 Å². The second-order valence-corrected chi connectivity index (χ2v) is 8.74. The predicted molar refractivity (Wildman–Crippen MR) is 117 cm³/mol. The van der Waals surface area contributed by atoms with Crippen molar-refractivity contribution in [3.05, 3.63) is 50.9 Å². The van der Waals surface area contributed by atoms with E-state index in [1.54, 1.807) is 24.4 Å². The van der Waals surface area contributed by atoms with Crippen molar-refractivity contribution in [3.63, 3.8) is 0 Å². The number of halogens is 1. The fourth-order valence-electron chi connectivity index (χ4n) is 2.82. The van der Waals surface area contributed by atoms with Crippen LogP contribution in [-0.2, 0) is 4.74 Å². The Kier molecular flexibility index (Phi) is 6.28. The summed E-state index contributed by atoms with van der Waals surface area (Å²) in [5.74, 6) is -0.901. The van der Waals surface area contributed by atoms with Crippen molar-refractivity contribution in [2.75, 3.05) is 31.2 Å². The molecule has 0 radical (unpaired) electrons. The number of aromatic nitrogens is 2. The molecule has 0 spiro atoms. The Balaban J connectivity index is 1.37. The molecule has 0 saturated carbocycles. The van der Waals surface area contributed by atoms with Crippen LogP contribution >= 0.6 is 34.3 Å². The molecule has 3 aromatic rings. The van der Waals surface area contributed by atoms with Crippen molar-refractivity contribution in [3.8, 4) is 10.6 Å². The van der Waals surface area contributed by atoms with Crippen LogP contribution in [0.3, 0.4) is 0 Å². The minimum atomic E-state index is -0.490. The van der Waals surface area contributed by atoms with E-state index in [9.17, 15) is 9.59 Å². The normalized spacial score (nSPS) is 13.9. The average Bonchev–Trinajstić information content (AvgIpc) is 3.40. The van der Waals surface area contributed by atoms with Gasteiger partial charge < -0.3 is 9.64 Å². The predicted octanol–water partition coefficient (Wildman–Crippen LogP) is 3.14. The van der Waals surface area contributed by atoms with Gasteiger partial charge in [-0.3, -0.25) is 20.4 Å². The molecule has 1 aliphatic heterocycles. The van der Waals surface area contributed by atoms with Crippen LogP contribution in [-0.4, -0.2) is 48.1 Å². The first-order valence-electron chi connectivity index (χ1n) is 9.13. The minimum Gasteiger partial charge on any atom is -0.378 e. The van der Waals surface area contributed by atoms with Crippen LogP contribution in [0.1, 0.15) is 25.9 Å². The molecule has 4 rings (SSSR count). The number of amides is 2. The monoisotopic (exact) mass is 463 g/mol. The zero-order valence-corrected chi connectivity index (χ0v) is 18.4. The second-order valence-electron chi connectivity index (χ2n) is 6.46. The number of rotatable bonds is 4. The van der Waals surface area contributed by atoms with E-state index < -0.39 is 11.8 Å². The standard InChI is InChI=1S/C19H18ClN5O3S2/c1-11-15(30-19(21-11)25-6-8-28-9-7-25)17(27)24-23-16(26)14-10-29-18(22-14)12-2-4-13(20)5-3-12/h2-5,10H,6-9H2,1H3,(H,23,26)(H,24,27). The number of ether oxygens (including phenoxy) is 1. The number of thiazole rings is 2. The molecule has 0 unspecified atom stereocenters. The molecule has 2 N–H and O–H groups in total. The molecule has 30 heavy (non-hydrogen) atoms. The number of anilines is 1. The van der Waals surface area contributed by atoms with Gasteiger partial charge in [0.2, 0.25) is 0 Å². The van der Waals surface area contributed by atoms with Gasteiger partial charge in [0.05, 0.1) is 18.9 Å². The number of morpholine rings is 1. The summed E-state index contributed by atoms with van der Waals surface area (Å²) in [6.07, 6.45) is 0. The Labute approximate surface area is 185 Å². The van der Waals surface area contributed by atoms with Gasteiger partial charge in [0.25, 0.3) is 11.8 Å². The van der Waals surface area contributed by atoms with Gasteiger partial charge in [0, 0.05) is 29.1 Å². The zero-order valence-electron chi connectivity index (χ0n) is 16.0. The number of hydrazine groups is 1. The Hall–Kier alpha value is -2.53. The lowest BCUT2D eigenvalue weighted by atomic mass is 10.2. The molecule has 156 valence electrons. The summed E-state index contributed by atoms with van der Waals surface area (Å²) in [5.41, 5.74) is 6.57. The lowest BCUT2D eigenvalue weighted by molar-refractivity contribution is 0.0846. The number of carbonyl (C=O) groups is 2. The van der Waals surface area contributed by atoms with E-state index in [1.807, 2.05) is 12.1 Å². The highest BCUT2D eigenvalue weighted by molar-refractivity contribution is 7.17. The summed E-state index contributed by atoms with van der Waals surface area (Å²) in [6.45, 7) is 4.54. The van der Waals surface area contributed by atoms with Gasteiger partial charge in [-0.1, -0.05) is 35.1 Å². The summed E-state index contributed by atoms with van der Waals surface area (Å²) in [4.78, 5) is 36.3. The molecule has 3 heterocycles. The van der Waals surface area contributed by atoms with Crippen molar-refractivity contribution >= 4 is 51.2 Å². The molecule has 1 aliphatic rings. The Bertz CT molecular complexity index is 1060. The third-order valence-electron chi connectivity index (χ3n) is 4.39. The van der Waals surface area contributed by atoms with Crippen molar-refractivity contribution in [1.82, 2.24) is 20.8 Å². The van der Waals surface area contributed by atoms with Crippen LogP contribution in [0.25, 0.3) is 10.6 Å². The van der Waals surface area contributed by atoms with Gasteiger partial charge in [0.15, 0.2) is 5.13 Å². The molecule has 0 atom stereocenters. The molecule has 1 saturated heterocycles. The van der Waals surface area contributed by atoms with E-state index in [2.05, 4.69) is 25.7 Å². The first kappa shape index (κ1) is 20.7. The van der Waals surface area contributed by atoms with E-state index in [0.717, 1.165) is 23.8 Å². The van der Waals surface area contributed by atoms with Gasteiger partial charge in [0.1, 0.15) is 15.6 Å². The van der Waals surface area contributed by atoms with Gasteiger partial charge in [-0.25, -0.2) is 9.97 Å². The SMILES string of the molecule is Cc1nc(N2CCOCC2)sc1C(=O)NNC(=O)c1csc(-c2ccc(Cl)cc2)n1. The smallest absolute Gasteiger partial charge is 0.289 e. The zero-order chi connectivity index (χ0) is 21.1. The number of benzene rings is 1. The maximum atomic E-state index is 12.5. The number of carbonyl (C=O) groups excluding carboxylic acids is 2. The Morgan fingerprint density at radius 1 is 1.10 bits per heavy atom. The summed E-state index contributed by atoms with van der Waals surface area (Å²) in [7, 11) is 0. The van der Waals surface area contributed by atoms with Crippen molar-refractivity contribution in [1.29, 1.82) is 0 Å². The van der Waals surface area contributed by atoms with Crippen LogP contribution in [0.4, 0.5) is 5.13 Å². The molecule has 0 aliphatic carbocycles. The molecule has 11 heteroatoms. The van der Waals surface area contributed by atoms with Gasteiger partial charge in [-0.2, -0.15) is 0 Å². The molecule has 2 aromatic heterocycles. The topological polar surface area (TPSA) is 96.5 Å². The number of aryl methyl sites for hydroxylation is 1.